The van der Waals surface area contributed by atoms with E-state index in [1.807, 2.05) is 56.2 Å². The van der Waals surface area contributed by atoms with Gasteiger partial charge in [0.25, 0.3) is 0 Å². The zero-order valence-electron chi connectivity index (χ0n) is 26.0. The van der Waals surface area contributed by atoms with Crippen LogP contribution in [0, 0.1) is 0 Å². The van der Waals surface area contributed by atoms with Gasteiger partial charge in [-0.25, -0.2) is 14.4 Å². The van der Waals surface area contributed by atoms with Crippen LogP contribution in [-0.4, -0.2) is 140 Å². The van der Waals surface area contributed by atoms with Crippen molar-refractivity contribution in [2.24, 2.45) is 0 Å². The van der Waals surface area contributed by atoms with E-state index < -0.39 is 59.3 Å². The lowest BCUT2D eigenvalue weighted by molar-refractivity contribution is 0.0639. The molecule has 0 radical (unpaired) electrons. The molecule has 0 saturated carbocycles. The van der Waals surface area contributed by atoms with Gasteiger partial charge in [0.2, 0.25) is 0 Å². The average molecular weight is 598 g/mol. The van der Waals surface area contributed by atoms with Crippen LogP contribution in [0.3, 0.4) is 0 Å². The summed E-state index contributed by atoms with van der Waals surface area (Å²) in [6.45, 7) is 15.5. The standard InChI is InChI=1S/C30H51N3O9/c1-7-31(8-2)16-19(34)13-22-23(14-20(35)17-32(9-3)10-4)26(29(39)40)27(30(41)42)24(25(22)28(37)38)15-21(36)18-33(11-5)12-6/h19-21,34-36H,7-18H2,1-6H3,(H,37,38)(H,39,40)(H,41,42). The van der Waals surface area contributed by atoms with Gasteiger partial charge in [-0.1, -0.05) is 41.5 Å². The molecule has 0 aliphatic carbocycles. The third kappa shape index (κ3) is 10.3. The van der Waals surface area contributed by atoms with E-state index in [0.29, 0.717) is 39.3 Å². The summed E-state index contributed by atoms with van der Waals surface area (Å²) in [4.78, 5) is 43.9. The zero-order valence-corrected chi connectivity index (χ0v) is 26.0. The second-order valence-electron chi connectivity index (χ2n) is 10.5. The van der Waals surface area contributed by atoms with Crippen LogP contribution in [0.15, 0.2) is 0 Å². The number of likely N-dealkylation sites (N-methyl/N-ethyl adjacent to an activating group) is 3. The maximum Gasteiger partial charge on any atom is 0.336 e. The first-order valence-electron chi connectivity index (χ1n) is 14.9. The molecule has 0 spiro atoms. The fourth-order valence-corrected chi connectivity index (χ4v) is 5.54. The summed E-state index contributed by atoms with van der Waals surface area (Å²) in [7, 11) is 0. The largest absolute Gasteiger partial charge is 0.478 e. The van der Waals surface area contributed by atoms with Crippen LogP contribution in [0.4, 0.5) is 0 Å². The predicted molar refractivity (Wildman–Crippen MR) is 160 cm³/mol. The van der Waals surface area contributed by atoms with Gasteiger partial charge in [0.1, 0.15) is 0 Å². The molecule has 3 atom stereocenters. The van der Waals surface area contributed by atoms with Crippen molar-refractivity contribution >= 4 is 17.9 Å². The number of rotatable bonds is 21. The Morgan fingerprint density at radius 1 is 0.476 bits per heavy atom. The van der Waals surface area contributed by atoms with Gasteiger partial charge in [0, 0.05) is 38.9 Å². The van der Waals surface area contributed by atoms with Crippen LogP contribution in [-0.2, 0) is 19.3 Å². The number of carboxylic acids is 3. The molecule has 42 heavy (non-hydrogen) atoms. The van der Waals surface area contributed by atoms with Crippen molar-refractivity contribution in [3.8, 4) is 0 Å². The van der Waals surface area contributed by atoms with Crippen LogP contribution >= 0.6 is 0 Å². The number of carboxylic acid groups (broad SMARTS) is 3. The van der Waals surface area contributed by atoms with E-state index in [2.05, 4.69) is 0 Å². The fourth-order valence-electron chi connectivity index (χ4n) is 5.54. The van der Waals surface area contributed by atoms with Crippen LogP contribution in [0.2, 0.25) is 0 Å². The van der Waals surface area contributed by atoms with Gasteiger partial charge >= 0.3 is 17.9 Å². The molecule has 1 aromatic rings. The molecule has 0 saturated heterocycles. The maximum absolute atomic E-state index is 12.8. The Balaban J connectivity index is 4.05. The van der Waals surface area contributed by atoms with Crippen molar-refractivity contribution in [2.45, 2.75) is 79.1 Å². The molecule has 1 rings (SSSR count). The third-order valence-electron chi connectivity index (χ3n) is 7.87. The highest BCUT2D eigenvalue weighted by Gasteiger charge is 2.35. The lowest BCUT2D eigenvalue weighted by atomic mass is 9.80. The third-order valence-corrected chi connectivity index (χ3v) is 7.87. The van der Waals surface area contributed by atoms with E-state index in [0.717, 1.165) is 0 Å². The van der Waals surface area contributed by atoms with Crippen molar-refractivity contribution < 1.29 is 45.0 Å². The summed E-state index contributed by atoms with van der Waals surface area (Å²) in [5.74, 6) is -4.73. The molecule has 12 heteroatoms. The highest BCUT2D eigenvalue weighted by atomic mass is 16.4. The van der Waals surface area contributed by atoms with Gasteiger partial charge in [0.05, 0.1) is 35.0 Å². The van der Waals surface area contributed by atoms with Crippen molar-refractivity contribution in [1.29, 1.82) is 0 Å². The van der Waals surface area contributed by atoms with E-state index in [1.54, 1.807) is 0 Å². The van der Waals surface area contributed by atoms with Gasteiger partial charge in [0.15, 0.2) is 0 Å². The van der Waals surface area contributed by atoms with Gasteiger partial charge < -0.3 is 45.3 Å². The van der Waals surface area contributed by atoms with Gasteiger partial charge in [-0.05, 0) is 56.0 Å². The van der Waals surface area contributed by atoms with Crippen molar-refractivity contribution in [1.82, 2.24) is 14.7 Å². The number of aromatic carboxylic acids is 3. The van der Waals surface area contributed by atoms with Crippen molar-refractivity contribution in [3.05, 3.63) is 33.4 Å². The molecule has 0 heterocycles. The molecule has 240 valence electrons. The molecule has 0 amide bonds. The van der Waals surface area contributed by atoms with Crippen LogP contribution < -0.4 is 0 Å². The lowest BCUT2D eigenvalue weighted by Crippen LogP contribution is -2.37. The molecule has 1 aromatic carbocycles. The summed E-state index contributed by atoms with van der Waals surface area (Å²) in [6.07, 6.45) is -4.44. The summed E-state index contributed by atoms with van der Waals surface area (Å²) in [5, 5.41) is 64.0. The molecule has 12 nitrogen and oxygen atoms in total. The first-order chi connectivity index (χ1) is 19.8. The van der Waals surface area contributed by atoms with Crippen LogP contribution in [0.1, 0.15) is 89.3 Å². The van der Waals surface area contributed by atoms with E-state index in [1.165, 1.54) is 0 Å². The summed E-state index contributed by atoms with van der Waals surface area (Å²) < 4.78 is 0. The first-order valence-corrected chi connectivity index (χ1v) is 14.9. The summed E-state index contributed by atoms with van der Waals surface area (Å²) in [5.41, 5.74) is -2.25. The minimum atomic E-state index is -1.64. The van der Waals surface area contributed by atoms with Crippen molar-refractivity contribution in [2.75, 3.05) is 58.9 Å². The number of aliphatic hydroxyl groups is 3. The predicted octanol–water partition coefficient (Wildman–Crippen LogP) is 1.52. The van der Waals surface area contributed by atoms with Crippen LogP contribution in [0.5, 0.6) is 0 Å². The number of aliphatic hydroxyl groups excluding tert-OH is 3. The summed E-state index contributed by atoms with van der Waals surface area (Å²) in [6, 6.07) is 0. The lowest BCUT2D eigenvalue weighted by Gasteiger charge is -2.29. The maximum atomic E-state index is 12.8. The average Bonchev–Trinajstić information content (AvgIpc) is 2.93. The SMILES string of the molecule is CCN(CC)CC(O)Cc1c(CC(O)CN(CC)CC)c(C(=O)O)c(C(=O)O)c(CC(O)CN(CC)CC)c1C(=O)O. The number of nitrogens with zero attached hydrogens (tertiary/aromatic N) is 3. The molecular formula is C30H51N3O9. The Morgan fingerprint density at radius 3 is 0.976 bits per heavy atom. The fraction of sp³-hybridized carbons (Fsp3) is 0.700. The highest BCUT2D eigenvalue weighted by molar-refractivity contribution is 6.07. The molecule has 0 aliphatic rings. The van der Waals surface area contributed by atoms with Gasteiger partial charge in [-0.15, -0.1) is 0 Å². The monoisotopic (exact) mass is 597 g/mol. The molecule has 0 fully saturated rings. The van der Waals surface area contributed by atoms with Gasteiger partial charge in [-0.2, -0.15) is 0 Å². The second kappa shape index (κ2) is 18.1. The number of benzene rings is 1. The number of carbonyl (C=O) groups is 3. The molecule has 0 aliphatic heterocycles. The van der Waals surface area contributed by atoms with Crippen molar-refractivity contribution in [3.63, 3.8) is 0 Å². The normalized spacial score (nSPS) is 14.0. The summed E-state index contributed by atoms with van der Waals surface area (Å²) >= 11 is 0. The molecule has 3 unspecified atom stereocenters. The smallest absolute Gasteiger partial charge is 0.336 e. The molecular weight excluding hydrogens is 546 g/mol. The highest BCUT2D eigenvalue weighted by Crippen LogP contribution is 2.33. The zero-order chi connectivity index (χ0) is 32.1. The number of hydrogen-bond acceptors (Lipinski definition) is 9. The Morgan fingerprint density at radius 2 is 0.714 bits per heavy atom. The topological polar surface area (TPSA) is 182 Å². The quantitative estimate of drug-likeness (QED) is 0.120. The first kappa shape index (κ1) is 37.4. The number of hydrogen-bond donors (Lipinski definition) is 6. The Kier molecular flexibility index (Phi) is 16.2. The second-order valence-corrected chi connectivity index (χ2v) is 10.5. The molecule has 0 aromatic heterocycles. The molecule has 0 bridgehead atoms. The van der Waals surface area contributed by atoms with E-state index >= 15 is 0 Å². The van der Waals surface area contributed by atoms with Gasteiger partial charge in [-0.3, -0.25) is 0 Å². The molecule has 6 N–H and O–H groups in total. The Bertz CT molecular complexity index is 1040. The minimum Gasteiger partial charge on any atom is -0.478 e. The van der Waals surface area contributed by atoms with E-state index in [9.17, 15) is 45.0 Å². The Hall–Kier alpha value is -2.61. The Labute approximate surface area is 249 Å². The van der Waals surface area contributed by atoms with E-state index in [-0.39, 0.29) is 49.2 Å². The van der Waals surface area contributed by atoms with Crippen LogP contribution in [0.25, 0.3) is 0 Å². The van der Waals surface area contributed by atoms with E-state index in [4.69, 9.17) is 0 Å². The minimum absolute atomic E-state index is 0.0341.